The summed E-state index contributed by atoms with van der Waals surface area (Å²) in [7, 11) is 1.65. The summed E-state index contributed by atoms with van der Waals surface area (Å²) in [6.45, 7) is 4.27. The Labute approximate surface area is 109 Å². The lowest BCUT2D eigenvalue weighted by atomic mass is 9.79. The van der Waals surface area contributed by atoms with Crippen molar-refractivity contribution in [1.82, 2.24) is 5.32 Å². The zero-order valence-corrected chi connectivity index (χ0v) is 11.5. The fourth-order valence-electron chi connectivity index (χ4n) is 2.37. The van der Waals surface area contributed by atoms with Gasteiger partial charge in [0.2, 0.25) is 5.91 Å². The van der Waals surface area contributed by atoms with Crippen LogP contribution in [-0.4, -0.2) is 45.4 Å². The molecule has 1 rings (SSSR count). The van der Waals surface area contributed by atoms with E-state index >= 15 is 0 Å². The van der Waals surface area contributed by atoms with Crippen LogP contribution in [-0.2, 0) is 14.3 Å². The van der Waals surface area contributed by atoms with Gasteiger partial charge in [-0.1, -0.05) is 13.3 Å². The Morgan fingerprint density at radius 1 is 1.50 bits per heavy atom. The lowest BCUT2D eigenvalue weighted by molar-refractivity contribution is -0.137. The van der Waals surface area contributed by atoms with E-state index in [1.807, 2.05) is 0 Å². The molecule has 1 amide bonds. The molecule has 0 aromatic carbocycles. The van der Waals surface area contributed by atoms with E-state index in [0.29, 0.717) is 39.2 Å². The van der Waals surface area contributed by atoms with Gasteiger partial charge in [-0.2, -0.15) is 0 Å². The first-order chi connectivity index (χ1) is 8.68. The maximum absolute atomic E-state index is 12.4. The summed E-state index contributed by atoms with van der Waals surface area (Å²) in [5, 5.41) is 3.08. The Kier molecular flexibility index (Phi) is 6.60. The maximum Gasteiger partial charge on any atom is 0.227 e. The zero-order chi connectivity index (χ0) is 13.4. The minimum Gasteiger partial charge on any atom is -0.383 e. The molecule has 1 saturated heterocycles. The molecule has 18 heavy (non-hydrogen) atoms. The van der Waals surface area contributed by atoms with Gasteiger partial charge in [-0.25, -0.2) is 0 Å². The topological polar surface area (TPSA) is 73.6 Å². The van der Waals surface area contributed by atoms with Crippen LogP contribution in [0.15, 0.2) is 0 Å². The summed E-state index contributed by atoms with van der Waals surface area (Å²) >= 11 is 0. The van der Waals surface area contributed by atoms with Crippen molar-refractivity contribution < 1.29 is 14.3 Å². The molecule has 1 fully saturated rings. The number of hydrogen-bond acceptors (Lipinski definition) is 4. The number of methoxy groups -OCH3 is 1. The van der Waals surface area contributed by atoms with Gasteiger partial charge in [-0.3, -0.25) is 4.79 Å². The number of carbonyl (C=O) groups excluding carboxylic acids is 1. The molecule has 1 aliphatic rings. The smallest absolute Gasteiger partial charge is 0.227 e. The fraction of sp³-hybridized carbons (Fsp3) is 0.923. The zero-order valence-electron chi connectivity index (χ0n) is 11.5. The van der Waals surface area contributed by atoms with Gasteiger partial charge in [-0.05, 0) is 19.3 Å². The minimum atomic E-state index is -0.446. The van der Waals surface area contributed by atoms with Gasteiger partial charge < -0.3 is 20.5 Å². The van der Waals surface area contributed by atoms with Gasteiger partial charge >= 0.3 is 0 Å². The van der Waals surface area contributed by atoms with E-state index in [9.17, 15) is 4.79 Å². The van der Waals surface area contributed by atoms with E-state index < -0.39 is 5.41 Å². The molecule has 3 N–H and O–H groups in total. The molecule has 0 spiro atoms. The van der Waals surface area contributed by atoms with Crippen LogP contribution >= 0.6 is 0 Å². The number of carbonyl (C=O) groups is 1. The van der Waals surface area contributed by atoms with E-state index in [1.165, 1.54) is 0 Å². The van der Waals surface area contributed by atoms with Crippen molar-refractivity contribution in [3.63, 3.8) is 0 Å². The Morgan fingerprint density at radius 2 is 2.17 bits per heavy atom. The summed E-state index contributed by atoms with van der Waals surface area (Å²) in [4.78, 5) is 12.4. The highest BCUT2D eigenvalue weighted by Crippen LogP contribution is 2.29. The van der Waals surface area contributed by atoms with E-state index in [1.54, 1.807) is 7.11 Å². The standard InChI is InChI=1S/C13H26N2O3/c1-3-4-11(9-17-2)15-12(16)13(10-14)5-7-18-8-6-13/h11H,3-10,14H2,1-2H3,(H,15,16). The number of nitrogens with one attached hydrogen (secondary N) is 1. The monoisotopic (exact) mass is 258 g/mol. The molecule has 0 aromatic heterocycles. The summed E-state index contributed by atoms with van der Waals surface area (Å²) in [5.74, 6) is 0.0591. The third kappa shape index (κ3) is 3.93. The van der Waals surface area contributed by atoms with Gasteiger partial charge in [0.25, 0.3) is 0 Å². The molecule has 5 heteroatoms. The van der Waals surface area contributed by atoms with Crippen molar-refractivity contribution in [1.29, 1.82) is 0 Å². The molecular weight excluding hydrogens is 232 g/mol. The molecule has 106 valence electrons. The number of amides is 1. The van der Waals surface area contributed by atoms with Crippen LogP contribution in [0.3, 0.4) is 0 Å². The first-order valence-electron chi connectivity index (χ1n) is 6.76. The highest BCUT2D eigenvalue weighted by molar-refractivity contribution is 5.83. The Bertz CT molecular complexity index is 247. The predicted molar refractivity (Wildman–Crippen MR) is 70.3 cm³/mol. The molecule has 0 saturated carbocycles. The van der Waals surface area contributed by atoms with E-state index in [2.05, 4.69) is 12.2 Å². The van der Waals surface area contributed by atoms with Crippen LogP contribution in [0.1, 0.15) is 32.6 Å². The summed E-state index contributed by atoms with van der Waals surface area (Å²) in [6, 6.07) is 0.0822. The molecular formula is C13H26N2O3. The number of rotatable bonds is 7. The van der Waals surface area contributed by atoms with Crippen molar-refractivity contribution in [2.45, 2.75) is 38.6 Å². The first-order valence-corrected chi connectivity index (χ1v) is 6.76. The van der Waals surface area contributed by atoms with Gasteiger partial charge in [0.05, 0.1) is 18.1 Å². The second-order valence-electron chi connectivity index (χ2n) is 5.01. The SMILES string of the molecule is CCCC(COC)NC(=O)C1(CN)CCOCC1. The molecule has 5 nitrogen and oxygen atoms in total. The van der Waals surface area contributed by atoms with Crippen molar-refractivity contribution in [3.8, 4) is 0 Å². The summed E-state index contributed by atoms with van der Waals surface area (Å²) < 4.78 is 10.5. The highest BCUT2D eigenvalue weighted by Gasteiger charge is 2.39. The van der Waals surface area contributed by atoms with Gasteiger partial charge in [-0.15, -0.1) is 0 Å². The van der Waals surface area contributed by atoms with Gasteiger partial charge in [0.15, 0.2) is 0 Å². The highest BCUT2D eigenvalue weighted by atomic mass is 16.5. The molecule has 0 aliphatic carbocycles. The van der Waals surface area contributed by atoms with Crippen molar-refractivity contribution >= 4 is 5.91 Å². The quantitative estimate of drug-likeness (QED) is 0.704. The van der Waals surface area contributed by atoms with E-state index in [0.717, 1.165) is 12.8 Å². The predicted octanol–water partition coefficient (Wildman–Crippen LogP) is 0.673. The van der Waals surface area contributed by atoms with Crippen molar-refractivity contribution in [2.75, 3.05) is 33.5 Å². The molecule has 1 heterocycles. The second kappa shape index (κ2) is 7.71. The average Bonchev–Trinajstić information content (AvgIpc) is 2.40. The molecule has 1 unspecified atom stereocenters. The van der Waals surface area contributed by atoms with Crippen LogP contribution < -0.4 is 11.1 Å². The molecule has 1 atom stereocenters. The van der Waals surface area contributed by atoms with Crippen LogP contribution in [0.5, 0.6) is 0 Å². The van der Waals surface area contributed by atoms with Crippen molar-refractivity contribution in [3.05, 3.63) is 0 Å². The number of hydrogen-bond donors (Lipinski definition) is 2. The lowest BCUT2D eigenvalue weighted by Gasteiger charge is -2.35. The van der Waals surface area contributed by atoms with Gasteiger partial charge in [0.1, 0.15) is 0 Å². The maximum atomic E-state index is 12.4. The third-order valence-corrected chi connectivity index (χ3v) is 3.66. The largest absolute Gasteiger partial charge is 0.383 e. The van der Waals surface area contributed by atoms with Crippen LogP contribution in [0.4, 0.5) is 0 Å². The summed E-state index contributed by atoms with van der Waals surface area (Å²) in [6.07, 6.45) is 3.37. The normalized spacial score (nSPS) is 20.4. The average molecular weight is 258 g/mol. The van der Waals surface area contributed by atoms with Crippen LogP contribution in [0.25, 0.3) is 0 Å². The van der Waals surface area contributed by atoms with E-state index in [-0.39, 0.29) is 11.9 Å². The van der Waals surface area contributed by atoms with Gasteiger partial charge in [0, 0.05) is 26.9 Å². The number of nitrogens with two attached hydrogens (primary N) is 1. The van der Waals surface area contributed by atoms with Crippen LogP contribution in [0.2, 0.25) is 0 Å². The molecule has 1 aliphatic heterocycles. The fourth-order valence-corrected chi connectivity index (χ4v) is 2.37. The number of ether oxygens (including phenoxy) is 2. The van der Waals surface area contributed by atoms with E-state index in [4.69, 9.17) is 15.2 Å². The second-order valence-corrected chi connectivity index (χ2v) is 5.01. The molecule has 0 bridgehead atoms. The summed E-state index contributed by atoms with van der Waals surface area (Å²) in [5.41, 5.74) is 5.37. The third-order valence-electron chi connectivity index (χ3n) is 3.66. The minimum absolute atomic E-state index is 0.0591. The Morgan fingerprint density at radius 3 is 2.67 bits per heavy atom. The Hall–Kier alpha value is -0.650. The molecule has 0 aromatic rings. The van der Waals surface area contributed by atoms with Crippen LogP contribution in [0, 0.1) is 5.41 Å². The van der Waals surface area contributed by atoms with Crippen molar-refractivity contribution in [2.24, 2.45) is 11.1 Å². The first kappa shape index (κ1) is 15.4. The molecule has 0 radical (unpaired) electrons. The Balaban J connectivity index is 2.59. The lowest BCUT2D eigenvalue weighted by Crippen LogP contribution is -2.52.